The third-order valence-electron chi connectivity index (χ3n) is 5.00. The Morgan fingerprint density at radius 2 is 1.70 bits per heavy atom. The van der Waals surface area contributed by atoms with E-state index in [1.165, 1.54) is 0 Å². The second-order valence-corrected chi connectivity index (χ2v) is 13.5. The fourth-order valence-electron chi connectivity index (χ4n) is 2.86. The smallest absolute Gasteiger partial charge is 0.311 e. The maximum absolute atomic E-state index is 12.2. The molecule has 3 aromatic rings. The molecule has 6 nitrogen and oxygen atoms in total. The average Bonchev–Trinajstić information content (AvgIpc) is 3.11. The van der Waals surface area contributed by atoms with Gasteiger partial charge in [0.15, 0.2) is 0 Å². The lowest BCUT2D eigenvalue weighted by atomic mass is 9.91. The predicted octanol–water partition coefficient (Wildman–Crippen LogP) is 5.16. The van der Waals surface area contributed by atoms with E-state index < -0.39 is 13.7 Å². The molecule has 0 N–H and O–H groups in total. The van der Waals surface area contributed by atoms with Crippen molar-refractivity contribution in [2.45, 2.75) is 53.3 Å². The van der Waals surface area contributed by atoms with Crippen LogP contribution in [-0.2, 0) is 16.0 Å². The molecule has 30 heavy (non-hydrogen) atoms. The summed E-state index contributed by atoms with van der Waals surface area (Å²) < 4.78 is 11.8. The number of hydrogen-bond acceptors (Lipinski definition) is 5. The van der Waals surface area contributed by atoms with Gasteiger partial charge in [-0.1, -0.05) is 25.1 Å². The van der Waals surface area contributed by atoms with Crippen molar-refractivity contribution in [1.82, 2.24) is 15.0 Å². The molecule has 1 aromatic heterocycles. The van der Waals surface area contributed by atoms with Gasteiger partial charge < -0.3 is 9.16 Å². The van der Waals surface area contributed by atoms with Gasteiger partial charge in [-0.3, -0.25) is 4.79 Å². The van der Waals surface area contributed by atoms with Crippen LogP contribution in [0.15, 0.2) is 42.5 Å². The third-order valence-corrected chi connectivity index (χ3v) is 5.83. The number of aromatic nitrogens is 3. The van der Waals surface area contributed by atoms with E-state index in [1.54, 1.807) is 4.80 Å². The van der Waals surface area contributed by atoms with E-state index in [2.05, 4.69) is 29.8 Å². The zero-order valence-corrected chi connectivity index (χ0v) is 19.7. The summed E-state index contributed by atoms with van der Waals surface area (Å²) in [6.07, 6.45) is 1.36. The van der Waals surface area contributed by atoms with Gasteiger partial charge in [-0.15, -0.1) is 15.0 Å². The van der Waals surface area contributed by atoms with Crippen LogP contribution in [0, 0.1) is 5.41 Å². The highest BCUT2D eigenvalue weighted by Gasteiger charge is 2.27. The van der Waals surface area contributed by atoms with Crippen LogP contribution in [0.2, 0.25) is 19.6 Å². The molecular formula is C23H31N3O3Si. The van der Waals surface area contributed by atoms with Crippen molar-refractivity contribution in [2.24, 2.45) is 5.41 Å². The first kappa shape index (κ1) is 22.0. The third kappa shape index (κ3) is 5.27. The number of nitrogens with zero attached hydrogens (tertiary/aromatic N) is 3. The van der Waals surface area contributed by atoms with Gasteiger partial charge in [-0.25, -0.2) is 0 Å². The lowest BCUT2D eigenvalue weighted by Crippen LogP contribution is -2.30. The van der Waals surface area contributed by atoms with Gasteiger partial charge in [0, 0.05) is 6.42 Å². The number of rotatable bonds is 8. The van der Waals surface area contributed by atoms with Crippen LogP contribution in [0.4, 0.5) is 0 Å². The summed E-state index contributed by atoms with van der Waals surface area (Å²) in [5.74, 6) is 0.603. The fraction of sp³-hybridized carbons (Fsp3) is 0.435. The van der Waals surface area contributed by atoms with E-state index in [4.69, 9.17) is 9.16 Å². The zero-order chi connectivity index (χ0) is 21.9. The Morgan fingerprint density at radius 3 is 2.27 bits per heavy atom. The van der Waals surface area contributed by atoms with Crippen LogP contribution < -0.4 is 4.43 Å². The SMILES string of the molecule is CCC(C)(C)C(=O)OCCc1ccc(O[Si](C)(C)C)c(-n2nc3ccccc3n2)c1. The quantitative estimate of drug-likeness (QED) is 0.368. The van der Waals surface area contributed by atoms with Gasteiger partial charge in [-0.05, 0) is 69.7 Å². The van der Waals surface area contributed by atoms with Gasteiger partial charge in [0.1, 0.15) is 22.5 Å². The van der Waals surface area contributed by atoms with Gasteiger partial charge in [0.2, 0.25) is 8.32 Å². The molecular weight excluding hydrogens is 394 g/mol. The number of esters is 1. The number of carbonyl (C=O) groups is 1. The molecule has 0 atom stereocenters. The number of hydrogen-bond donors (Lipinski definition) is 0. The summed E-state index contributed by atoms with van der Waals surface area (Å²) in [5, 5.41) is 9.24. The predicted molar refractivity (Wildman–Crippen MR) is 122 cm³/mol. The number of benzene rings is 2. The van der Waals surface area contributed by atoms with Crippen LogP contribution in [0.3, 0.4) is 0 Å². The standard InChI is InChI=1S/C23H31N3O3Si/c1-7-23(2,3)22(27)28-15-14-17-12-13-21(29-30(4,5)6)20(16-17)26-24-18-10-8-9-11-19(18)25-26/h8-13,16H,7,14-15H2,1-6H3. The summed E-state index contributed by atoms with van der Waals surface area (Å²) >= 11 is 0. The molecule has 160 valence electrons. The number of fused-ring (bicyclic) bond motifs is 1. The highest BCUT2D eigenvalue weighted by molar-refractivity contribution is 6.70. The Kier molecular flexibility index (Phi) is 6.31. The Labute approximate surface area is 179 Å². The van der Waals surface area contributed by atoms with E-state index in [0.717, 1.165) is 34.5 Å². The minimum absolute atomic E-state index is 0.163. The van der Waals surface area contributed by atoms with Crippen LogP contribution >= 0.6 is 0 Å². The second kappa shape index (κ2) is 8.59. The molecule has 1 heterocycles. The minimum Gasteiger partial charge on any atom is -0.543 e. The Hall–Kier alpha value is -2.67. The van der Waals surface area contributed by atoms with Crippen molar-refractivity contribution in [3.05, 3.63) is 48.0 Å². The van der Waals surface area contributed by atoms with E-state index in [-0.39, 0.29) is 5.97 Å². The second-order valence-electron chi connectivity index (χ2n) is 9.12. The molecule has 0 aliphatic heterocycles. The topological polar surface area (TPSA) is 66.2 Å². The average molecular weight is 426 g/mol. The summed E-state index contributed by atoms with van der Waals surface area (Å²) in [6.45, 7) is 12.6. The monoisotopic (exact) mass is 425 g/mol. The first-order valence-electron chi connectivity index (χ1n) is 10.4. The van der Waals surface area contributed by atoms with Crippen LogP contribution in [0.1, 0.15) is 32.8 Å². The zero-order valence-electron chi connectivity index (χ0n) is 18.7. The first-order valence-corrected chi connectivity index (χ1v) is 13.8. The van der Waals surface area contributed by atoms with Crippen molar-refractivity contribution >= 4 is 25.3 Å². The largest absolute Gasteiger partial charge is 0.543 e. The molecule has 0 fully saturated rings. The maximum atomic E-state index is 12.2. The lowest BCUT2D eigenvalue weighted by Gasteiger charge is -2.22. The molecule has 0 unspecified atom stereocenters. The molecule has 0 radical (unpaired) electrons. The van der Waals surface area contributed by atoms with Gasteiger partial charge in [0.05, 0.1) is 12.0 Å². The van der Waals surface area contributed by atoms with E-state index in [9.17, 15) is 4.79 Å². The van der Waals surface area contributed by atoms with E-state index >= 15 is 0 Å². The number of carbonyl (C=O) groups excluding carboxylic acids is 1. The molecule has 0 spiro atoms. The molecule has 0 saturated carbocycles. The Bertz CT molecular complexity index is 1000. The maximum Gasteiger partial charge on any atom is 0.311 e. The first-order chi connectivity index (χ1) is 14.1. The van der Waals surface area contributed by atoms with Crippen LogP contribution in [0.5, 0.6) is 5.75 Å². The van der Waals surface area contributed by atoms with E-state index in [1.807, 2.05) is 63.2 Å². The Morgan fingerprint density at radius 1 is 1.07 bits per heavy atom. The Balaban J connectivity index is 1.86. The van der Waals surface area contributed by atoms with Crippen molar-refractivity contribution in [2.75, 3.05) is 6.61 Å². The molecule has 0 amide bonds. The molecule has 2 aromatic carbocycles. The lowest BCUT2D eigenvalue weighted by molar-refractivity contribution is -0.154. The van der Waals surface area contributed by atoms with Gasteiger partial charge >= 0.3 is 5.97 Å². The molecule has 7 heteroatoms. The number of ether oxygens (including phenoxy) is 1. The van der Waals surface area contributed by atoms with E-state index in [0.29, 0.717) is 13.0 Å². The van der Waals surface area contributed by atoms with Crippen LogP contribution in [-0.4, -0.2) is 35.9 Å². The highest BCUT2D eigenvalue weighted by Crippen LogP contribution is 2.28. The highest BCUT2D eigenvalue weighted by atomic mass is 28.4. The van der Waals surface area contributed by atoms with Crippen molar-refractivity contribution in [3.63, 3.8) is 0 Å². The summed E-state index contributed by atoms with van der Waals surface area (Å²) in [7, 11) is -1.82. The van der Waals surface area contributed by atoms with Gasteiger partial charge in [-0.2, -0.15) is 0 Å². The summed E-state index contributed by atoms with van der Waals surface area (Å²) in [4.78, 5) is 13.9. The molecule has 3 rings (SSSR count). The summed E-state index contributed by atoms with van der Waals surface area (Å²) in [5.41, 5.74) is 3.04. The summed E-state index contributed by atoms with van der Waals surface area (Å²) in [6, 6.07) is 13.8. The molecule has 0 bridgehead atoms. The molecule has 0 aliphatic carbocycles. The van der Waals surface area contributed by atoms with Crippen LogP contribution in [0.25, 0.3) is 16.7 Å². The normalized spacial score (nSPS) is 12.2. The minimum atomic E-state index is -1.82. The van der Waals surface area contributed by atoms with Crippen molar-refractivity contribution in [1.29, 1.82) is 0 Å². The van der Waals surface area contributed by atoms with Gasteiger partial charge in [0.25, 0.3) is 0 Å². The van der Waals surface area contributed by atoms with Crippen molar-refractivity contribution in [3.8, 4) is 11.4 Å². The van der Waals surface area contributed by atoms with Crippen molar-refractivity contribution < 1.29 is 14.0 Å². The molecule has 0 aliphatic rings. The molecule has 0 saturated heterocycles. The fourth-order valence-corrected chi connectivity index (χ4v) is 3.69.